The van der Waals surface area contributed by atoms with Crippen LogP contribution < -0.4 is 4.74 Å². The van der Waals surface area contributed by atoms with Crippen molar-refractivity contribution >= 4 is 15.9 Å². The van der Waals surface area contributed by atoms with E-state index in [1.54, 1.807) is 0 Å². The molecule has 1 rings (SSSR count). The zero-order valence-corrected chi connectivity index (χ0v) is 9.38. The van der Waals surface area contributed by atoms with Gasteiger partial charge in [0.2, 0.25) is 0 Å². The van der Waals surface area contributed by atoms with Gasteiger partial charge < -0.3 is 4.74 Å². The molecule has 0 radical (unpaired) electrons. The van der Waals surface area contributed by atoms with Crippen molar-refractivity contribution in [2.24, 2.45) is 0 Å². The first-order valence-electron chi connectivity index (χ1n) is 3.98. The Balaban J connectivity index is 3.36. The molecule has 0 aliphatic carbocycles. The Kier molecular flexibility index (Phi) is 3.97. The third-order valence-electron chi connectivity index (χ3n) is 1.78. The minimum absolute atomic E-state index is 0.129. The van der Waals surface area contributed by atoms with E-state index in [2.05, 4.69) is 20.9 Å². The Morgan fingerprint density at radius 1 is 1.67 bits per heavy atom. The van der Waals surface area contributed by atoms with E-state index in [-0.39, 0.29) is 17.7 Å². The first kappa shape index (κ1) is 11.9. The lowest BCUT2D eigenvalue weighted by atomic mass is 10.1. The lowest BCUT2D eigenvalue weighted by Crippen LogP contribution is -2.02. The summed E-state index contributed by atoms with van der Waals surface area (Å²) >= 11 is 3.12. The molecule has 1 aromatic rings. The summed E-state index contributed by atoms with van der Waals surface area (Å²) in [5.74, 6) is 0.238. The quantitative estimate of drug-likeness (QED) is 0.853. The fourth-order valence-corrected chi connectivity index (χ4v) is 1.69. The molecule has 0 saturated heterocycles. The number of nitrogens with zero attached hydrogens (tertiary/aromatic N) is 2. The fraction of sp³-hybridized carbons (Fsp3) is 0.333. The van der Waals surface area contributed by atoms with Crippen LogP contribution in [-0.4, -0.2) is 12.1 Å². The van der Waals surface area contributed by atoms with Crippen LogP contribution in [-0.2, 0) is 6.42 Å². The maximum atomic E-state index is 12.6. The van der Waals surface area contributed by atoms with E-state index in [9.17, 15) is 8.78 Å². The smallest absolute Gasteiger partial charge is 0.280 e. The van der Waals surface area contributed by atoms with Gasteiger partial charge in [-0.05, 0) is 15.9 Å². The maximum Gasteiger partial charge on any atom is 0.280 e. The third kappa shape index (κ3) is 2.42. The van der Waals surface area contributed by atoms with Crippen molar-refractivity contribution in [2.45, 2.75) is 12.8 Å². The number of methoxy groups -OCH3 is 1. The van der Waals surface area contributed by atoms with Gasteiger partial charge in [0, 0.05) is 11.8 Å². The van der Waals surface area contributed by atoms with Crippen molar-refractivity contribution in [3.05, 3.63) is 21.9 Å². The Bertz CT molecular complexity index is 404. The first-order chi connectivity index (χ1) is 7.11. The van der Waals surface area contributed by atoms with Crippen LogP contribution in [0.4, 0.5) is 8.78 Å². The highest BCUT2D eigenvalue weighted by molar-refractivity contribution is 9.10. The van der Waals surface area contributed by atoms with Gasteiger partial charge in [0.25, 0.3) is 6.43 Å². The molecule has 1 heterocycles. The molecule has 0 aliphatic rings. The summed E-state index contributed by atoms with van der Waals surface area (Å²) in [6.07, 6.45) is -1.63. The highest BCUT2D eigenvalue weighted by Crippen LogP contribution is 2.34. The van der Waals surface area contributed by atoms with E-state index in [4.69, 9.17) is 10.00 Å². The topological polar surface area (TPSA) is 45.9 Å². The third-order valence-corrected chi connectivity index (χ3v) is 2.35. The van der Waals surface area contributed by atoms with Crippen LogP contribution in [0.3, 0.4) is 0 Å². The second kappa shape index (κ2) is 5.03. The summed E-state index contributed by atoms with van der Waals surface area (Å²) in [6.45, 7) is 0. The molecule has 0 spiro atoms. The molecule has 0 unspecified atom stereocenters. The summed E-state index contributed by atoms with van der Waals surface area (Å²) in [7, 11) is 1.36. The van der Waals surface area contributed by atoms with Crippen LogP contribution >= 0.6 is 15.9 Å². The van der Waals surface area contributed by atoms with Crippen molar-refractivity contribution in [3.63, 3.8) is 0 Å². The van der Waals surface area contributed by atoms with Crippen molar-refractivity contribution in [1.82, 2.24) is 4.98 Å². The minimum Gasteiger partial charge on any atom is -0.495 e. The van der Waals surface area contributed by atoms with E-state index in [0.717, 1.165) is 0 Å². The van der Waals surface area contributed by atoms with Crippen LogP contribution in [0.15, 0.2) is 10.7 Å². The minimum atomic E-state index is -2.71. The Labute approximate surface area is 93.8 Å². The van der Waals surface area contributed by atoms with Crippen molar-refractivity contribution in [2.75, 3.05) is 7.11 Å². The average molecular weight is 277 g/mol. The molecule has 3 nitrogen and oxygen atoms in total. The summed E-state index contributed by atoms with van der Waals surface area (Å²) < 4.78 is 30.5. The molecule has 0 aromatic carbocycles. The Morgan fingerprint density at radius 2 is 2.33 bits per heavy atom. The molecule has 80 valence electrons. The highest BCUT2D eigenvalue weighted by atomic mass is 79.9. The van der Waals surface area contributed by atoms with Crippen LogP contribution in [0.1, 0.15) is 17.7 Å². The second-order valence-electron chi connectivity index (χ2n) is 2.64. The predicted molar refractivity (Wildman–Crippen MR) is 52.8 cm³/mol. The Hall–Kier alpha value is -1.22. The number of halogens is 3. The lowest BCUT2D eigenvalue weighted by molar-refractivity contribution is 0.144. The number of ether oxygens (including phenoxy) is 1. The molecule has 0 amide bonds. The number of aromatic nitrogens is 1. The first-order valence-corrected chi connectivity index (χ1v) is 4.77. The fourth-order valence-electron chi connectivity index (χ4n) is 1.18. The van der Waals surface area contributed by atoms with E-state index in [1.165, 1.54) is 13.3 Å². The van der Waals surface area contributed by atoms with Crippen LogP contribution in [0.25, 0.3) is 0 Å². The predicted octanol–water partition coefficient (Wildman–Crippen LogP) is 2.86. The van der Waals surface area contributed by atoms with Gasteiger partial charge in [0.1, 0.15) is 11.4 Å². The summed E-state index contributed by atoms with van der Waals surface area (Å²) in [6, 6.07) is 1.81. The van der Waals surface area contributed by atoms with Gasteiger partial charge in [-0.2, -0.15) is 5.26 Å². The molecular weight excluding hydrogens is 270 g/mol. The molecule has 0 aliphatic heterocycles. The molecule has 0 atom stereocenters. The molecule has 6 heteroatoms. The van der Waals surface area contributed by atoms with Gasteiger partial charge in [-0.3, -0.25) is 4.98 Å². The number of rotatable bonds is 3. The van der Waals surface area contributed by atoms with Gasteiger partial charge in [-0.1, -0.05) is 0 Å². The summed E-state index contributed by atoms with van der Waals surface area (Å²) in [4.78, 5) is 3.58. The Morgan fingerprint density at radius 3 is 2.80 bits per heavy atom. The number of hydrogen-bond acceptors (Lipinski definition) is 3. The van der Waals surface area contributed by atoms with Crippen molar-refractivity contribution in [3.8, 4) is 11.8 Å². The number of hydrogen-bond donors (Lipinski definition) is 0. The molecule has 0 fully saturated rings. The molecule has 1 aromatic heterocycles. The molecule has 0 N–H and O–H groups in total. The number of pyridine rings is 1. The van der Waals surface area contributed by atoms with Crippen molar-refractivity contribution < 1.29 is 13.5 Å². The zero-order chi connectivity index (χ0) is 11.4. The van der Waals surface area contributed by atoms with Gasteiger partial charge >= 0.3 is 0 Å². The van der Waals surface area contributed by atoms with Crippen LogP contribution in [0.5, 0.6) is 5.75 Å². The average Bonchev–Trinajstić information content (AvgIpc) is 2.18. The number of alkyl halides is 2. The van der Waals surface area contributed by atoms with Gasteiger partial charge in [-0.15, -0.1) is 0 Å². The normalized spacial score (nSPS) is 10.1. The van der Waals surface area contributed by atoms with E-state index in [1.807, 2.05) is 6.07 Å². The number of nitriles is 1. The SMILES string of the molecule is COc1c(Br)cnc(C(F)F)c1CC#N. The standard InChI is InChI=1S/C9H7BrF2N2O/c1-15-8-5(2-3-13)7(9(11)12)14-4-6(8)10/h4,9H,2H2,1H3. The second-order valence-corrected chi connectivity index (χ2v) is 3.49. The van der Waals surface area contributed by atoms with E-state index in [0.29, 0.717) is 4.47 Å². The molecule has 15 heavy (non-hydrogen) atoms. The van der Waals surface area contributed by atoms with Crippen LogP contribution in [0, 0.1) is 11.3 Å². The van der Waals surface area contributed by atoms with Crippen LogP contribution in [0.2, 0.25) is 0 Å². The molecule has 0 saturated carbocycles. The van der Waals surface area contributed by atoms with Gasteiger partial charge in [0.15, 0.2) is 0 Å². The van der Waals surface area contributed by atoms with E-state index >= 15 is 0 Å². The summed E-state index contributed by atoms with van der Waals surface area (Å²) in [5.41, 5.74) is -0.277. The monoisotopic (exact) mass is 276 g/mol. The molecule has 0 bridgehead atoms. The summed E-state index contributed by atoms with van der Waals surface area (Å²) in [5, 5.41) is 8.54. The van der Waals surface area contributed by atoms with E-state index < -0.39 is 12.1 Å². The maximum absolute atomic E-state index is 12.6. The van der Waals surface area contributed by atoms with Gasteiger partial charge in [0.05, 0.1) is 24.1 Å². The lowest BCUT2D eigenvalue weighted by Gasteiger charge is -2.11. The highest BCUT2D eigenvalue weighted by Gasteiger charge is 2.20. The van der Waals surface area contributed by atoms with Gasteiger partial charge in [-0.25, -0.2) is 8.78 Å². The largest absolute Gasteiger partial charge is 0.495 e. The zero-order valence-electron chi connectivity index (χ0n) is 7.80. The van der Waals surface area contributed by atoms with Crippen molar-refractivity contribution in [1.29, 1.82) is 5.26 Å². The molecular formula is C9H7BrF2N2O.